The number of likely N-dealkylation sites (tertiary alicyclic amines) is 1. The number of nitrogens with one attached hydrogen (secondary N) is 3. The summed E-state index contributed by atoms with van der Waals surface area (Å²) in [4.78, 5) is 6.60. The molecular weight excluding hydrogens is 587 g/mol. The first-order chi connectivity index (χ1) is 22.0. The van der Waals surface area contributed by atoms with E-state index in [0.717, 1.165) is 48.9 Å². The van der Waals surface area contributed by atoms with Crippen molar-refractivity contribution in [2.45, 2.75) is 45.8 Å². The van der Waals surface area contributed by atoms with Gasteiger partial charge in [0.05, 0.1) is 23.1 Å². The van der Waals surface area contributed by atoms with E-state index in [1.807, 2.05) is 47.9 Å². The molecule has 0 spiro atoms. The molecule has 10 heteroatoms. The van der Waals surface area contributed by atoms with Crippen LogP contribution < -0.4 is 16.4 Å². The van der Waals surface area contributed by atoms with Gasteiger partial charge in [0, 0.05) is 42.1 Å². The molecule has 2 aromatic heterocycles. The molecule has 5 rings (SSSR count). The Labute approximate surface area is 267 Å². The Balaban J connectivity index is 1.36. The van der Waals surface area contributed by atoms with Crippen LogP contribution in [0.4, 0.5) is 24.5 Å². The van der Waals surface area contributed by atoms with E-state index >= 15 is 0 Å². The van der Waals surface area contributed by atoms with Gasteiger partial charge in [-0.3, -0.25) is 9.30 Å². The van der Waals surface area contributed by atoms with E-state index in [-0.39, 0.29) is 12.1 Å². The van der Waals surface area contributed by atoms with Crippen molar-refractivity contribution >= 4 is 23.2 Å². The third kappa shape index (κ3) is 7.61. The van der Waals surface area contributed by atoms with E-state index in [4.69, 9.17) is 11.1 Å². The summed E-state index contributed by atoms with van der Waals surface area (Å²) in [5.41, 5.74) is 10.9. The van der Waals surface area contributed by atoms with Gasteiger partial charge in [0.2, 0.25) is 0 Å². The maximum Gasteiger partial charge on any atom is 0.416 e. The topological polar surface area (TPSA) is 94.5 Å². The summed E-state index contributed by atoms with van der Waals surface area (Å²) in [6.45, 7) is 10.2. The number of halogens is 3. The molecule has 5 N–H and O–H groups in total. The average molecular weight is 626 g/mol. The van der Waals surface area contributed by atoms with Gasteiger partial charge < -0.3 is 21.8 Å². The van der Waals surface area contributed by atoms with E-state index in [1.165, 1.54) is 12.3 Å². The molecule has 3 heterocycles. The third-order valence-electron chi connectivity index (χ3n) is 8.29. The number of aromatic nitrogens is 2. The lowest BCUT2D eigenvalue weighted by molar-refractivity contribution is -0.138. The minimum atomic E-state index is -4.47. The lowest BCUT2D eigenvalue weighted by Crippen LogP contribution is -2.33. The minimum Gasteiger partial charge on any atom is -0.403 e. The predicted molar refractivity (Wildman–Crippen MR) is 179 cm³/mol. The molecule has 1 aromatic carbocycles. The SMILES string of the molecule is C=C(Nc1ccc(CN2CCC(C)CC2)c(C(F)(F)F)c1)C1=CCC=C(C)C(C#Cc2cnc3c(N/C(C=N)=C/N)cccn23)=C1. The van der Waals surface area contributed by atoms with Crippen LogP contribution in [0.25, 0.3) is 5.65 Å². The summed E-state index contributed by atoms with van der Waals surface area (Å²) in [6.07, 6.45) is 10.0. The van der Waals surface area contributed by atoms with Crippen molar-refractivity contribution < 1.29 is 13.2 Å². The van der Waals surface area contributed by atoms with Gasteiger partial charge in [0.15, 0.2) is 5.65 Å². The van der Waals surface area contributed by atoms with Crippen LogP contribution in [0.1, 0.15) is 49.9 Å². The van der Waals surface area contributed by atoms with Crippen molar-refractivity contribution in [2.24, 2.45) is 11.7 Å². The number of piperidine rings is 1. The van der Waals surface area contributed by atoms with Gasteiger partial charge in [-0.2, -0.15) is 13.2 Å². The zero-order chi connectivity index (χ0) is 32.8. The zero-order valence-corrected chi connectivity index (χ0v) is 26.0. The molecular formula is C36H38F3N7. The van der Waals surface area contributed by atoms with Crippen LogP contribution in [0.15, 0.2) is 102 Å². The average Bonchev–Trinajstić information content (AvgIpc) is 3.36. The van der Waals surface area contributed by atoms with Gasteiger partial charge in [0.1, 0.15) is 5.69 Å². The number of anilines is 2. The van der Waals surface area contributed by atoms with Gasteiger partial charge >= 0.3 is 6.18 Å². The summed E-state index contributed by atoms with van der Waals surface area (Å²) in [7, 11) is 0. The van der Waals surface area contributed by atoms with Crippen molar-refractivity contribution in [3.05, 3.63) is 119 Å². The number of rotatable bonds is 8. The zero-order valence-electron chi connectivity index (χ0n) is 26.0. The molecule has 1 fully saturated rings. The largest absolute Gasteiger partial charge is 0.416 e. The summed E-state index contributed by atoms with van der Waals surface area (Å²) in [5, 5.41) is 13.7. The van der Waals surface area contributed by atoms with E-state index in [1.54, 1.807) is 18.3 Å². The van der Waals surface area contributed by atoms with Crippen LogP contribution in [0, 0.1) is 23.2 Å². The molecule has 1 aliphatic heterocycles. The molecule has 2 aliphatic rings. The van der Waals surface area contributed by atoms with Crippen molar-refractivity contribution in [1.82, 2.24) is 14.3 Å². The Kier molecular flexibility index (Phi) is 9.83. The Morgan fingerprint density at radius 1 is 1.17 bits per heavy atom. The Hall–Kier alpha value is -5.01. The molecule has 0 amide bonds. The molecule has 7 nitrogen and oxygen atoms in total. The van der Waals surface area contributed by atoms with Gasteiger partial charge in [-0.25, -0.2) is 4.98 Å². The second-order valence-electron chi connectivity index (χ2n) is 11.7. The highest BCUT2D eigenvalue weighted by Gasteiger charge is 2.34. The van der Waals surface area contributed by atoms with Crippen molar-refractivity contribution in [2.75, 3.05) is 23.7 Å². The first-order valence-electron chi connectivity index (χ1n) is 15.2. The molecule has 0 unspecified atom stereocenters. The fraction of sp³-hybridized carbons (Fsp3) is 0.278. The summed E-state index contributed by atoms with van der Waals surface area (Å²) < 4.78 is 44.3. The first kappa shape index (κ1) is 32.4. The van der Waals surface area contributed by atoms with E-state index in [0.29, 0.717) is 46.4 Å². The number of alkyl halides is 3. The van der Waals surface area contributed by atoms with Crippen molar-refractivity contribution in [3.8, 4) is 11.8 Å². The first-order valence-corrected chi connectivity index (χ1v) is 15.2. The van der Waals surface area contributed by atoms with Crippen molar-refractivity contribution in [3.63, 3.8) is 0 Å². The maximum absolute atomic E-state index is 14.2. The third-order valence-corrected chi connectivity index (χ3v) is 8.29. The Bertz CT molecular complexity index is 1820. The van der Waals surface area contributed by atoms with E-state index < -0.39 is 11.7 Å². The number of hydrogen-bond acceptors (Lipinski definition) is 6. The molecule has 46 heavy (non-hydrogen) atoms. The lowest BCUT2D eigenvalue weighted by atomic mass is 9.98. The lowest BCUT2D eigenvalue weighted by Gasteiger charge is -2.31. The molecule has 0 atom stereocenters. The fourth-order valence-electron chi connectivity index (χ4n) is 5.52. The molecule has 3 aromatic rings. The van der Waals surface area contributed by atoms with Crippen LogP contribution in [0.5, 0.6) is 0 Å². The van der Waals surface area contributed by atoms with Crippen LogP contribution in [-0.2, 0) is 12.7 Å². The normalized spacial score (nSPS) is 16.5. The summed E-state index contributed by atoms with van der Waals surface area (Å²) >= 11 is 0. The number of hydrogen-bond donors (Lipinski definition) is 4. The van der Waals surface area contributed by atoms with Gasteiger partial charge in [-0.1, -0.05) is 37.6 Å². The highest BCUT2D eigenvalue weighted by atomic mass is 19.4. The van der Waals surface area contributed by atoms with Crippen LogP contribution >= 0.6 is 0 Å². The molecule has 1 saturated heterocycles. The van der Waals surface area contributed by atoms with E-state index in [2.05, 4.69) is 45.9 Å². The number of imidazole rings is 1. The molecule has 0 bridgehead atoms. The summed E-state index contributed by atoms with van der Waals surface area (Å²) in [5.74, 6) is 7.06. The summed E-state index contributed by atoms with van der Waals surface area (Å²) in [6, 6.07) is 8.13. The van der Waals surface area contributed by atoms with Gasteiger partial charge in [-0.05, 0) is 98.2 Å². The number of allylic oxidation sites excluding steroid dienone is 6. The minimum absolute atomic E-state index is 0.281. The van der Waals surface area contributed by atoms with E-state index in [9.17, 15) is 13.2 Å². The highest BCUT2D eigenvalue weighted by Crippen LogP contribution is 2.36. The molecule has 0 saturated carbocycles. The Morgan fingerprint density at radius 3 is 2.67 bits per heavy atom. The number of fused-ring (bicyclic) bond motifs is 1. The quantitative estimate of drug-likeness (QED) is 0.153. The van der Waals surface area contributed by atoms with Crippen LogP contribution in [0.3, 0.4) is 0 Å². The van der Waals surface area contributed by atoms with Gasteiger partial charge in [0.25, 0.3) is 0 Å². The van der Waals surface area contributed by atoms with Crippen LogP contribution in [-0.4, -0.2) is 33.6 Å². The number of benzene rings is 1. The monoisotopic (exact) mass is 625 g/mol. The predicted octanol–water partition coefficient (Wildman–Crippen LogP) is 7.63. The molecule has 238 valence electrons. The second-order valence-corrected chi connectivity index (χ2v) is 11.7. The fourth-order valence-corrected chi connectivity index (χ4v) is 5.52. The molecule has 0 radical (unpaired) electrons. The number of nitrogens with two attached hydrogens (primary N) is 1. The molecule has 1 aliphatic carbocycles. The highest BCUT2D eigenvalue weighted by molar-refractivity contribution is 5.84. The number of pyridine rings is 1. The maximum atomic E-state index is 14.2. The van der Waals surface area contributed by atoms with Crippen LogP contribution in [0.2, 0.25) is 0 Å². The second kappa shape index (κ2) is 14.0. The standard InChI is InChI=1S/C36H38F3N7/c1-24-13-16-45(17-14-24)23-29-9-11-30(19-33(29)36(37,38)39)43-26(3)28-7-4-6-25(2)27(18-28)10-12-32-22-42-35-34(8-5-15-46(32)35)44-31(20-40)21-41/h5-9,11,15,18-22,24,40,43-44H,3-4,13-14,16-17,23,41H2,1-2H3/b31-21+,40-20?. The van der Waals surface area contributed by atoms with Crippen molar-refractivity contribution in [1.29, 1.82) is 5.41 Å². The number of nitrogens with zero attached hydrogens (tertiary/aromatic N) is 3. The smallest absolute Gasteiger partial charge is 0.403 e. The van der Waals surface area contributed by atoms with Gasteiger partial charge in [-0.15, -0.1) is 0 Å². The Morgan fingerprint density at radius 2 is 1.96 bits per heavy atom.